The van der Waals surface area contributed by atoms with Crippen LogP contribution in [0.1, 0.15) is 44.7 Å². The summed E-state index contributed by atoms with van der Waals surface area (Å²) >= 11 is 0. The molecule has 0 aliphatic heterocycles. The van der Waals surface area contributed by atoms with E-state index in [1.165, 1.54) is 37.8 Å². The highest BCUT2D eigenvalue weighted by molar-refractivity contribution is 5.03. The van der Waals surface area contributed by atoms with Gasteiger partial charge in [0.25, 0.3) is 0 Å². The second-order valence-electron chi connectivity index (χ2n) is 5.15. The van der Waals surface area contributed by atoms with Gasteiger partial charge in [0, 0.05) is 17.9 Å². The zero-order chi connectivity index (χ0) is 11.9. The molecule has 1 aliphatic rings. The van der Waals surface area contributed by atoms with Crippen LogP contribution in [0.15, 0.2) is 24.4 Å². The third kappa shape index (κ3) is 4.12. The fourth-order valence-corrected chi connectivity index (χ4v) is 2.59. The number of pyridine rings is 1. The minimum atomic E-state index is 0.687. The first-order chi connectivity index (χ1) is 8.38. The molecule has 1 unspecified atom stereocenters. The van der Waals surface area contributed by atoms with Crippen LogP contribution in [0.4, 0.5) is 0 Å². The van der Waals surface area contributed by atoms with E-state index in [1.54, 1.807) is 0 Å². The molecule has 2 rings (SSSR count). The van der Waals surface area contributed by atoms with Crippen LogP contribution in [0.5, 0.6) is 0 Å². The highest BCUT2D eigenvalue weighted by Crippen LogP contribution is 2.31. The lowest BCUT2D eigenvalue weighted by Crippen LogP contribution is -2.33. The number of nitrogens with zero attached hydrogens (tertiary/aromatic N) is 1. The lowest BCUT2D eigenvalue weighted by Gasteiger charge is -2.30. The minimum absolute atomic E-state index is 0.687. The number of hydrogen-bond donors (Lipinski definition) is 1. The maximum absolute atomic E-state index is 4.40. The average Bonchev–Trinajstić information content (AvgIpc) is 2.32. The van der Waals surface area contributed by atoms with Gasteiger partial charge >= 0.3 is 0 Å². The van der Waals surface area contributed by atoms with Gasteiger partial charge in [0.05, 0.1) is 0 Å². The number of nitrogens with one attached hydrogen (secondary N) is 1. The summed E-state index contributed by atoms with van der Waals surface area (Å²) in [5, 5.41) is 3.62. The summed E-state index contributed by atoms with van der Waals surface area (Å²) in [6.45, 7) is 3.29. The molecule has 1 aromatic heterocycles. The summed E-state index contributed by atoms with van der Waals surface area (Å²) in [5.41, 5.74) is 1.23. The standard InChI is InChI=1S/C15H24N2/c1-2-16-15(12-13-6-5-7-13)10-9-14-8-3-4-11-17-14/h3-4,8,11,13,15-16H,2,5-7,9-10,12H2,1H3. The zero-order valence-electron chi connectivity index (χ0n) is 10.9. The van der Waals surface area contributed by atoms with Crippen LogP contribution in [-0.4, -0.2) is 17.6 Å². The number of aromatic nitrogens is 1. The lowest BCUT2D eigenvalue weighted by atomic mass is 9.80. The molecular weight excluding hydrogens is 208 g/mol. The van der Waals surface area contributed by atoms with Gasteiger partial charge in [-0.3, -0.25) is 4.98 Å². The molecule has 0 spiro atoms. The van der Waals surface area contributed by atoms with E-state index in [9.17, 15) is 0 Å². The second kappa shape index (κ2) is 6.75. The SMILES string of the molecule is CCNC(CCc1ccccn1)CC1CCC1. The van der Waals surface area contributed by atoms with Crippen LogP contribution in [-0.2, 0) is 6.42 Å². The maximum atomic E-state index is 4.40. The van der Waals surface area contributed by atoms with Gasteiger partial charge in [-0.25, -0.2) is 0 Å². The van der Waals surface area contributed by atoms with Crippen LogP contribution in [0.3, 0.4) is 0 Å². The monoisotopic (exact) mass is 232 g/mol. The van der Waals surface area contributed by atoms with Crippen molar-refractivity contribution in [3.05, 3.63) is 30.1 Å². The molecule has 1 aromatic rings. The zero-order valence-corrected chi connectivity index (χ0v) is 10.9. The van der Waals surface area contributed by atoms with Crippen molar-refractivity contribution in [1.82, 2.24) is 10.3 Å². The summed E-state index contributed by atoms with van der Waals surface area (Å²) in [6, 6.07) is 6.88. The highest BCUT2D eigenvalue weighted by Gasteiger charge is 2.21. The van der Waals surface area contributed by atoms with E-state index in [4.69, 9.17) is 0 Å². The molecule has 0 amide bonds. The Morgan fingerprint density at radius 3 is 2.88 bits per heavy atom. The van der Waals surface area contributed by atoms with E-state index < -0.39 is 0 Å². The Hall–Kier alpha value is -0.890. The third-order valence-corrected chi connectivity index (χ3v) is 3.81. The molecule has 1 aliphatic carbocycles. The van der Waals surface area contributed by atoms with Crippen molar-refractivity contribution in [3.63, 3.8) is 0 Å². The minimum Gasteiger partial charge on any atom is -0.314 e. The van der Waals surface area contributed by atoms with Crippen molar-refractivity contribution in [3.8, 4) is 0 Å². The van der Waals surface area contributed by atoms with E-state index in [2.05, 4.69) is 29.4 Å². The molecule has 1 heterocycles. The Kier molecular flexibility index (Phi) is 4.99. The smallest absolute Gasteiger partial charge is 0.0404 e. The number of aryl methyl sites for hydroxylation is 1. The summed E-state index contributed by atoms with van der Waals surface area (Å²) < 4.78 is 0. The Bertz CT molecular complexity index is 306. The predicted molar refractivity (Wildman–Crippen MR) is 72.0 cm³/mol. The molecule has 0 bridgehead atoms. The third-order valence-electron chi connectivity index (χ3n) is 3.81. The van der Waals surface area contributed by atoms with Crippen molar-refractivity contribution < 1.29 is 0 Å². The molecule has 2 nitrogen and oxygen atoms in total. The summed E-state index contributed by atoms with van der Waals surface area (Å²) in [6.07, 6.45) is 9.93. The van der Waals surface area contributed by atoms with Crippen molar-refractivity contribution >= 4 is 0 Å². The quantitative estimate of drug-likeness (QED) is 0.781. The number of rotatable bonds is 7. The van der Waals surface area contributed by atoms with Crippen LogP contribution in [0.25, 0.3) is 0 Å². The molecule has 1 fully saturated rings. The summed E-state index contributed by atoms with van der Waals surface area (Å²) in [4.78, 5) is 4.40. The molecule has 1 saturated carbocycles. The van der Waals surface area contributed by atoms with Crippen LogP contribution >= 0.6 is 0 Å². The molecule has 1 atom stereocenters. The molecule has 0 radical (unpaired) electrons. The molecule has 0 aromatic carbocycles. The molecule has 0 saturated heterocycles. The van der Waals surface area contributed by atoms with E-state index in [0.29, 0.717) is 6.04 Å². The van der Waals surface area contributed by atoms with Crippen molar-refractivity contribution in [2.45, 2.75) is 51.5 Å². The first-order valence-corrected chi connectivity index (χ1v) is 7.01. The largest absolute Gasteiger partial charge is 0.314 e. The Labute approximate surface area is 105 Å². The van der Waals surface area contributed by atoms with Gasteiger partial charge in [0.15, 0.2) is 0 Å². The summed E-state index contributed by atoms with van der Waals surface area (Å²) in [7, 11) is 0. The van der Waals surface area contributed by atoms with Crippen LogP contribution in [0, 0.1) is 5.92 Å². The van der Waals surface area contributed by atoms with Gasteiger partial charge in [-0.05, 0) is 43.9 Å². The first kappa shape index (κ1) is 12.6. The molecule has 17 heavy (non-hydrogen) atoms. The predicted octanol–water partition coefficient (Wildman–Crippen LogP) is 3.18. The van der Waals surface area contributed by atoms with Gasteiger partial charge in [0.1, 0.15) is 0 Å². The van der Waals surface area contributed by atoms with Gasteiger partial charge < -0.3 is 5.32 Å². The van der Waals surface area contributed by atoms with Gasteiger partial charge in [0.2, 0.25) is 0 Å². The fraction of sp³-hybridized carbons (Fsp3) is 0.667. The van der Waals surface area contributed by atoms with E-state index in [0.717, 1.165) is 18.9 Å². The van der Waals surface area contributed by atoms with Crippen LogP contribution in [0.2, 0.25) is 0 Å². The van der Waals surface area contributed by atoms with Gasteiger partial charge in [-0.15, -0.1) is 0 Å². The Balaban J connectivity index is 1.76. The maximum Gasteiger partial charge on any atom is 0.0404 e. The topological polar surface area (TPSA) is 24.9 Å². The molecule has 2 heteroatoms. The highest BCUT2D eigenvalue weighted by atomic mass is 14.9. The molecule has 94 valence electrons. The lowest BCUT2D eigenvalue weighted by molar-refractivity contribution is 0.255. The first-order valence-electron chi connectivity index (χ1n) is 7.01. The van der Waals surface area contributed by atoms with Crippen molar-refractivity contribution in [2.24, 2.45) is 5.92 Å². The van der Waals surface area contributed by atoms with E-state index in [1.807, 2.05) is 12.3 Å². The summed E-state index contributed by atoms with van der Waals surface area (Å²) in [5.74, 6) is 0.989. The Morgan fingerprint density at radius 2 is 2.29 bits per heavy atom. The average molecular weight is 232 g/mol. The van der Waals surface area contributed by atoms with E-state index >= 15 is 0 Å². The molecule has 1 N–H and O–H groups in total. The Morgan fingerprint density at radius 1 is 1.41 bits per heavy atom. The van der Waals surface area contributed by atoms with Crippen LogP contribution < -0.4 is 5.32 Å². The second-order valence-corrected chi connectivity index (χ2v) is 5.15. The fourth-order valence-electron chi connectivity index (χ4n) is 2.59. The number of hydrogen-bond acceptors (Lipinski definition) is 2. The van der Waals surface area contributed by atoms with Gasteiger partial charge in [-0.1, -0.05) is 32.3 Å². The van der Waals surface area contributed by atoms with Gasteiger partial charge in [-0.2, -0.15) is 0 Å². The normalized spacial score (nSPS) is 17.7. The van der Waals surface area contributed by atoms with Crippen molar-refractivity contribution in [2.75, 3.05) is 6.54 Å². The molecular formula is C15H24N2. The van der Waals surface area contributed by atoms with E-state index in [-0.39, 0.29) is 0 Å². The van der Waals surface area contributed by atoms with Crippen molar-refractivity contribution in [1.29, 1.82) is 0 Å².